The molecule has 10 heteroatoms. The monoisotopic (exact) mass is 956 g/mol. The van der Waals surface area contributed by atoms with Crippen LogP contribution in [0.15, 0.2) is 97.2 Å². The molecule has 0 saturated heterocycles. The van der Waals surface area contributed by atoms with Crippen LogP contribution in [0.1, 0.15) is 219 Å². The lowest BCUT2D eigenvalue weighted by Crippen LogP contribution is -2.29. The number of allylic oxidation sites excluding steroid dienone is 16. The summed E-state index contributed by atoms with van der Waals surface area (Å²) in [6.07, 6.45) is 68.9. The summed E-state index contributed by atoms with van der Waals surface area (Å²) in [4.78, 5) is 35.0. The molecule has 0 aromatic heterocycles. The quantitative estimate of drug-likeness (QED) is 0.0264. The lowest BCUT2D eigenvalue weighted by molar-refractivity contribution is -0.161. The summed E-state index contributed by atoms with van der Waals surface area (Å²) >= 11 is 0. The van der Waals surface area contributed by atoms with E-state index in [0.717, 1.165) is 96.3 Å². The third-order valence-electron chi connectivity index (χ3n) is 11.0. The molecule has 0 spiro atoms. The minimum Gasteiger partial charge on any atom is -0.462 e. The van der Waals surface area contributed by atoms with Gasteiger partial charge in [-0.05, 0) is 77.0 Å². The van der Waals surface area contributed by atoms with Gasteiger partial charge in [0.1, 0.15) is 6.61 Å². The molecule has 0 amide bonds. The second-order valence-corrected chi connectivity index (χ2v) is 18.8. The zero-order valence-electron chi connectivity index (χ0n) is 42.6. The highest BCUT2D eigenvalue weighted by molar-refractivity contribution is 7.47. The number of ether oxygens (including phenoxy) is 2. The minimum atomic E-state index is -4.38. The van der Waals surface area contributed by atoms with Gasteiger partial charge in [-0.2, -0.15) is 0 Å². The van der Waals surface area contributed by atoms with E-state index in [1.54, 1.807) is 0 Å². The molecule has 0 aliphatic heterocycles. The van der Waals surface area contributed by atoms with E-state index >= 15 is 0 Å². The van der Waals surface area contributed by atoms with Crippen molar-refractivity contribution in [1.82, 2.24) is 0 Å². The molecule has 0 aromatic rings. The predicted octanol–water partition coefficient (Wildman–Crippen LogP) is 16.5. The Labute approximate surface area is 410 Å². The summed E-state index contributed by atoms with van der Waals surface area (Å²) in [5.74, 6) is -0.836. The first-order chi connectivity index (χ1) is 32.8. The standard InChI is InChI=1S/C57H98NO8P/c1-3-5-7-9-11-13-15-16-17-18-19-20-21-22-23-24-25-26-27-28-29-30-31-32-33-34-35-36-37-38-40-42-44-46-48-50-57(60)66-55(54-65-67(61,62)64-52-51-58)53-63-56(59)49-47-45-43-41-39-14-12-10-8-6-4-2/h5,7,11,13,16-17,19-20,22-23,25-26,28-29,31-32,55H,3-4,6,8-10,12,14-15,18,21,24,27,30,33-54,58H2,1-2H3,(H,61,62)/b7-5-,13-11-,17-16-,20-19-,23-22-,26-25-,29-28-,32-31-. The number of unbranched alkanes of at least 4 members (excludes halogenated alkanes) is 20. The number of esters is 2. The van der Waals surface area contributed by atoms with Crippen LogP contribution in [0.4, 0.5) is 0 Å². The van der Waals surface area contributed by atoms with E-state index in [9.17, 15) is 19.0 Å². The van der Waals surface area contributed by atoms with Crippen molar-refractivity contribution < 1.29 is 37.6 Å². The topological polar surface area (TPSA) is 134 Å². The SMILES string of the molecule is CC/C=C\C/C=C\C/C=C\C/C=C\C/C=C\C/C=C\C/C=C\C/C=C\CCCCCCCCCCCCC(=O)OC(COC(=O)CCCCCCCCCCCCC)COP(=O)(O)OCCN. The summed E-state index contributed by atoms with van der Waals surface area (Å²) in [5.41, 5.74) is 5.36. The molecule has 2 unspecified atom stereocenters. The Morgan fingerprint density at radius 3 is 1.22 bits per heavy atom. The first-order valence-corrected chi connectivity index (χ1v) is 28.2. The van der Waals surface area contributed by atoms with Crippen LogP contribution < -0.4 is 5.73 Å². The van der Waals surface area contributed by atoms with Crippen molar-refractivity contribution in [2.45, 2.75) is 225 Å². The molecule has 3 N–H and O–H groups in total. The van der Waals surface area contributed by atoms with Crippen molar-refractivity contribution in [2.24, 2.45) is 5.73 Å². The van der Waals surface area contributed by atoms with E-state index in [-0.39, 0.29) is 38.6 Å². The first kappa shape index (κ1) is 63.9. The molecule has 0 saturated carbocycles. The number of hydrogen-bond acceptors (Lipinski definition) is 8. The van der Waals surface area contributed by atoms with E-state index in [1.807, 2.05) is 0 Å². The molecule has 0 fully saturated rings. The maximum Gasteiger partial charge on any atom is 0.472 e. The van der Waals surface area contributed by atoms with Crippen LogP contribution in [0.2, 0.25) is 0 Å². The van der Waals surface area contributed by atoms with Gasteiger partial charge in [-0.1, -0.05) is 227 Å². The van der Waals surface area contributed by atoms with Gasteiger partial charge in [0.15, 0.2) is 6.10 Å². The van der Waals surface area contributed by atoms with Gasteiger partial charge in [0, 0.05) is 19.4 Å². The van der Waals surface area contributed by atoms with Gasteiger partial charge in [0.05, 0.1) is 13.2 Å². The van der Waals surface area contributed by atoms with Crippen molar-refractivity contribution in [2.75, 3.05) is 26.4 Å². The number of phosphoric acid groups is 1. The average molecular weight is 956 g/mol. The number of hydrogen-bond donors (Lipinski definition) is 2. The summed E-state index contributed by atoms with van der Waals surface area (Å²) < 4.78 is 32.9. The Kier molecular flexibility index (Phi) is 49.9. The van der Waals surface area contributed by atoms with Crippen molar-refractivity contribution >= 4 is 19.8 Å². The van der Waals surface area contributed by atoms with E-state index < -0.39 is 26.5 Å². The van der Waals surface area contributed by atoms with Crippen LogP contribution in [0.5, 0.6) is 0 Å². The molecule has 9 nitrogen and oxygen atoms in total. The highest BCUT2D eigenvalue weighted by atomic mass is 31.2. The molecule has 2 atom stereocenters. The molecule has 0 bridgehead atoms. The molecule has 0 radical (unpaired) electrons. The largest absolute Gasteiger partial charge is 0.472 e. The molecular weight excluding hydrogens is 858 g/mol. The molecule has 0 aliphatic rings. The minimum absolute atomic E-state index is 0.0498. The number of carbonyl (C=O) groups excluding carboxylic acids is 2. The summed E-state index contributed by atoms with van der Waals surface area (Å²) in [5, 5.41) is 0. The van der Waals surface area contributed by atoms with Gasteiger partial charge in [0.25, 0.3) is 0 Å². The van der Waals surface area contributed by atoms with Gasteiger partial charge < -0.3 is 20.1 Å². The highest BCUT2D eigenvalue weighted by Crippen LogP contribution is 2.43. The lowest BCUT2D eigenvalue weighted by atomic mass is 10.0. The second kappa shape index (κ2) is 52.3. The third kappa shape index (κ3) is 52.2. The molecule has 0 aliphatic carbocycles. The van der Waals surface area contributed by atoms with E-state index in [4.69, 9.17) is 24.3 Å². The zero-order chi connectivity index (χ0) is 48.8. The summed E-state index contributed by atoms with van der Waals surface area (Å²) in [6.45, 7) is 3.60. The fraction of sp³-hybridized carbons (Fsp3) is 0.684. The van der Waals surface area contributed by atoms with Gasteiger partial charge >= 0.3 is 19.8 Å². The zero-order valence-corrected chi connectivity index (χ0v) is 43.5. The smallest absolute Gasteiger partial charge is 0.462 e. The van der Waals surface area contributed by atoms with Crippen LogP contribution in [0, 0.1) is 0 Å². The van der Waals surface area contributed by atoms with Crippen LogP contribution in [0.25, 0.3) is 0 Å². The molecular formula is C57H98NO8P. The van der Waals surface area contributed by atoms with Crippen molar-refractivity contribution in [3.63, 3.8) is 0 Å². The molecule has 67 heavy (non-hydrogen) atoms. The second-order valence-electron chi connectivity index (χ2n) is 17.4. The van der Waals surface area contributed by atoms with Crippen molar-refractivity contribution in [3.05, 3.63) is 97.2 Å². The van der Waals surface area contributed by atoms with Crippen molar-refractivity contribution in [3.8, 4) is 0 Å². The molecule has 0 heterocycles. The number of phosphoric ester groups is 1. The van der Waals surface area contributed by atoms with Gasteiger partial charge in [0.2, 0.25) is 0 Å². The van der Waals surface area contributed by atoms with Crippen LogP contribution in [-0.2, 0) is 32.7 Å². The normalized spacial score (nSPS) is 13.9. The highest BCUT2D eigenvalue weighted by Gasteiger charge is 2.26. The predicted molar refractivity (Wildman–Crippen MR) is 284 cm³/mol. The lowest BCUT2D eigenvalue weighted by Gasteiger charge is -2.19. The Morgan fingerprint density at radius 2 is 0.821 bits per heavy atom. The maximum atomic E-state index is 12.6. The van der Waals surface area contributed by atoms with Gasteiger partial charge in [-0.25, -0.2) is 4.57 Å². The Bertz CT molecular complexity index is 1410. The third-order valence-corrected chi connectivity index (χ3v) is 12.0. The average Bonchev–Trinajstić information content (AvgIpc) is 3.32. The van der Waals surface area contributed by atoms with E-state index in [1.165, 1.54) is 89.9 Å². The summed E-state index contributed by atoms with van der Waals surface area (Å²) in [6, 6.07) is 0. The number of rotatable bonds is 49. The van der Waals surface area contributed by atoms with Crippen LogP contribution in [-0.4, -0.2) is 49.3 Å². The van der Waals surface area contributed by atoms with Crippen LogP contribution in [0.3, 0.4) is 0 Å². The fourth-order valence-corrected chi connectivity index (χ4v) is 7.83. The summed E-state index contributed by atoms with van der Waals surface area (Å²) in [7, 11) is -4.38. The van der Waals surface area contributed by atoms with E-state index in [2.05, 4.69) is 111 Å². The Hall–Kier alpha value is -3.07. The number of nitrogens with two attached hydrogens (primary N) is 1. The van der Waals surface area contributed by atoms with Gasteiger partial charge in [-0.15, -0.1) is 0 Å². The first-order valence-electron chi connectivity index (χ1n) is 26.7. The molecule has 0 rings (SSSR count). The number of carbonyl (C=O) groups is 2. The van der Waals surface area contributed by atoms with Gasteiger partial charge in [-0.3, -0.25) is 18.6 Å². The molecule has 0 aromatic carbocycles. The molecule has 384 valence electrons. The Balaban J connectivity index is 3.96. The maximum absolute atomic E-state index is 12.6. The van der Waals surface area contributed by atoms with Crippen molar-refractivity contribution in [1.29, 1.82) is 0 Å². The fourth-order valence-electron chi connectivity index (χ4n) is 7.06. The van der Waals surface area contributed by atoms with Crippen LogP contribution >= 0.6 is 7.82 Å². The Morgan fingerprint density at radius 1 is 0.463 bits per heavy atom. The van der Waals surface area contributed by atoms with E-state index in [0.29, 0.717) is 6.42 Å².